The van der Waals surface area contributed by atoms with Crippen LogP contribution in [0.5, 0.6) is 5.75 Å². The van der Waals surface area contributed by atoms with E-state index in [9.17, 15) is 24.0 Å². The van der Waals surface area contributed by atoms with Crippen molar-refractivity contribution in [2.75, 3.05) is 19.8 Å². The van der Waals surface area contributed by atoms with Crippen LogP contribution in [0.25, 0.3) is 5.57 Å². The van der Waals surface area contributed by atoms with E-state index in [1.807, 2.05) is 39.8 Å². The fourth-order valence-electron chi connectivity index (χ4n) is 4.43. The Morgan fingerprint density at radius 3 is 2.19 bits per heavy atom. The molecular formula is C33H38N2O7. The molecule has 0 aliphatic carbocycles. The lowest BCUT2D eigenvalue weighted by molar-refractivity contribution is -0.149. The molecule has 42 heavy (non-hydrogen) atoms. The molecule has 1 aliphatic rings. The number of hydrogen-bond donors (Lipinski definition) is 1. The Morgan fingerprint density at radius 2 is 1.60 bits per heavy atom. The third-order valence-corrected chi connectivity index (χ3v) is 6.48. The maximum atomic E-state index is 13.5. The number of ether oxygens (including phenoxy) is 2. The van der Waals surface area contributed by atoms with Crippen LogP contribution in [0, 0.1) is 5.92 Å². The minimum absolute atomic E-state index is 0.0562. The number of ketones is 1. The molecule has 0 saturated carbocycles. The van der Waals surface area contributed by atoms with Gasteiger partial charge in [0, 0.05) is 12.0 Å². The quantitative estimate of drug-likeness (QED) is 0.156. The van der Waals surface area contributed by atoms with Gasteiger partial charge in [-0.05, 0) is 62.4 Å². The summed E-state index contributed by atoms with van der Waals surface area (Å²) < 4.78 is 10.8. The van der Waals surface area contributed by atoms with Gasteiger partial charge in [0.05, 0.1) is 18.7 Å². The molecule has 1 aliphatic heterocycles. The average Bonchev–Trinajstić information content (AvgIpc) is 3.17. The zero-order valence-electron chi connectivity index (χ0n) is 24.8. The van der Waals surface area contributed by atoms with Crippen LogP contribution in [0.4, 0.5) is 0 Å². The van der Waals surface area contributed by atoms with Crippen molar-refractivity contribution >= 4 is 35.0 Å². The first-order chi connectivity index (χ1) is 20.0. The lowest BCUT2D eigenvalue weighted by Gasteiger charge is -2.18. The van der Waals surface area contributed by atoms with Crippen LogP contribution < -0.4 is 10.1 Å². The molecule has 0 fully saturated rings. The van der Waals surface area contributed by atoms with Gasteiger partial charge in [0.1, 0.15) is 18.4 Å². The highest BCUT2D eigenvalue weighted by Gasteiger charge is 2.40. The number of hydrogen-bond acceptors (Lipinski definition) is 7. The van der Waals surface area contributed by atoms with E-state index in [1.54, 1.807) is 55.5 Å². The van der Waals surface area contributed by atoms with Crippen LogP contribution in [0.3, 0.4) is 0 Å². The third kappa shape index (κ3) is 8.49. The fraction of sp³-hybridized carbons (Fsp3) is 0.364. The molecule has 1 unspecified atom stereocenters. The number of allylic oxidation sites excluding steroid dienone is 1. The summed E-state index contributed by atoms with van der Waals surface area (Å²) in [7, 11) is 0. The van der Waals surface area contributed by atoms with Crippen molar-refractivity contribution in [3.05, 3.63) is 82.9 Å². The molecule has 9 heteroatoms. The smallest absolute Gasteiger partial charge is 0.328 e. The van der Waals surface area contributed by atoms with Gasteiger partial charge in [0.25, 0.3) is 17.7 Å². The normalized spacial score (nSPS) is 13.7. The van der Waals surface area contributed by atoms with Crippen molar-refractivity contribution in [3.8, 4) is 5.75 Å². The molecule has 0 bridgehead atoms. The standard InChI is InChI=1S/C33H38N2O7/c1-6-41-33(40)27(19-23-10-8-7-9-11-23)34-30(37)28(36)20-35-31(38)26(18-22(4)5)29(32(35)39)24-12-14-25(15-13-24)42-17-16-21(2)3/h7-16,22,27H,6,17-20H2,1-5H3,(H,34,37). The lowest BCUT2D eigenvalue weighted by atomic mass is 9.95. The van der Waals surface area contributed by atoms with Gasteiger partial charge in [0.2, 0.25) is 5.78 Å². The maximum absolute atomic E-state index is 13.5. The number of imide groups is 1. The summed E-state index contributed by atoms with van der Waals surface area (Å²) in [4.78, 5) is 66.1. The monoisotopic (exact) mass is 574 g/mol. The predicted molar refractivity (Wildman–Crippen MR) is 158 cm³/mol. The lowest BCUT2D eigenvalue weighted by Crippen LogP contribution is -2.49. The molecule has 1 heterocycles. The van der Waals surface area contributed by atoms with Crippen LogP contribution in [0.1, 0.15) is 52.2 Å². The number of nitrogens with one attached hydrogen (secondary N) is 1. The summed E-state index contributed by atoms with van der Waals surface area (Å²) in [6.45, 7) is 9.18. The van der Waals surface area contributed by atoms with Crippen LogP contribution in [0.15, 0.2) is 71.8 Å². The molecule has 3 rings (SSSR count). The molecule has 1 N–H and O–H groups in total. The average molecular weight is 575 g/mol. The highest BCUT2D eigenvalue weighted by atomic mass is 16.5. The number of benzene rings is 2. The Kier molecular flexibility index (Phi) is 11.4. The Morgan fingerprint density at radius 1 is 0.929 bits per heavy atom. The Hall–Kier alpha value is -4.53. The zero-order chi connectivity index (χ0) is 30.8. The van der Waals surface area contributed by atoms with Gasteiger partial charge in [-0.25, -0.2) is 4.79 Å². The maximum Gasteiger partial charge on any atom is 0.328 e. The molecule has 0 spiro atoms. The van der Waals surface area contributed by atoms with E-state index in [0.717, 1.165) is 16.0 Å². The third-order valence-electron chi connectivity index (χ3n) is 6.48. The highest BCUT2D eigenvalue weighted by molar-refractivity contribution is 6.41. The second kappa shape index (κ2) is 14.9. The van der Waals surface area contributed by atoms with Crippen LogP contribution in [-0.4, -0.2) is 60.2 Å². The second-order valence-corrected chi connectivity index (χ2v) is 10.7. The number of amides is 3. The second-order valence-electron chi connectivity index (χ2n) is 10.7. The summed E-state index contributed by atoms with van der Waals surface area (Å²) in [6.07, 6.45) is 2.37. The largest absolute Gasteiger partial charge is 0.490 e. The number of esters is 1. The van der Waals surface area contributed by atoms with Crippen LogP contribution >= 0.6 is 0 Å². The summed E-state index contributed by atoms with van der Waals surface area (Å²) in [5.41, 5.74) is 2.89. The Bertz CT molecular complexity index is 1370. The first-order valence-electron chi connectivity index (χ1n) is 14.0. The number of Topliss-reactive ketones (excluding diaryl/α,β-unsaturated/α-hetero) is 1. The topological polar surface area (TPSA) is 119 Å². The SMILES string of the molecule is CCOC(=O)C(Cc1ccccc1)NC(=O)C(=O)CN1C(=O)C(CC(C)C)=C(c2ccc(OCC=C(C)C)cc2)C1=O. The molecule has 222 valence electrons. The number of rotatable bonds is 14. The first kappa shape index (κ1) is 32.0. The molecule has 9 nitrogen and oxygen atoms in total. The van der Waals surface area contributed by atoms with E-state index in [1.165, 1.54) is 0 Å². The number of carbonyl (C=O) groups excluding carboxylic acids is 5. The van der Waals surface area contributed by atoms with Gasteiger partial charge in [0.15, 0.2) is 0 Å². The van der Waals surface area contributed by atoms with Gasteiger partial charge in [-0.3, -0.25) is 24.1 Å². The molecule has 1 atom stereocenters. The van der Waals surface area contributed by atoms with Crippen molar-refractivity contribution in [2.24, 2.45) is 5.92 Å². The van der Waals surface area contributed by atoms with Crippen molar-refractivity contribution in [1.82, 2.24) is 10.2 Å². The Labute approximate surface area is 246 Å². The van der Waals surface area contributed by atoms with Gasteiger partial charge in [-0.15, -0.1) is 0 Å². The Balaban J connectivity index is 1.77. The first-order valence-corrected chi connectivity index (χ1v) is 14.0. The predicted octanol–water partition coefficient (Wildman–Crippen LogP) is 4.06. The molecule has 2 aromatic carbocycles. The molecule has 0 aromatic heterocycles. The fourth-order valence-corrected chi connectivity index (χ4v) is 4.43. The van der Waals surface area contributed by atoms with E-state index < -0.39 is 42.1 Å². The zero-order valence-corrected chi connectivity index (χ0v) is 24.8. The van der Waals surface area contributed by atoms with E-state index >= 15 is 0 Å². The van der Waals surface area contributed by atoms with Crippen molar-refractivity contribution in [3.63, 3.8) is 0 Å². The van der Waals surface area contributed by atoms with Gasteiger partial charge >= 0.3 is 5.97 Å². The van der Waals surface area contributed by atoms with E-state index in [2.05, 4.69) is 5.32 Å². The van der Waals surface area contributed by atoms with E-state index in [4.69, 9.17) is 9.47 Å². The minimum Gasteiger partial charge on any atom is -0.490 e. The van der Waals surface area contributed by atoms with E-state index in [0.29, 0.717) is 24.3 Å². The molecule has 0 saturated heterocycles. The number of nitrogens with zero attached hydrogens (tertiary/aromatic N) is 1. The summed E-state index contributed by atoms with van der Waals surface area (Å²) in [6, 6.07) is 14.7. The summed E-state index contributed by atoms with van der Waals surface area (Å²) in [5, 5.41) is 2.43. The minimum atomic E-state index is -1.11. The number of carbonyl (C=O) groups is 5. The van der Waals surface area contributed by atoms with Gasteiger partial charge in [-0.1, -0.05) is 61.9 Å². The molecule has 0 radical (unpaired) electrons. The van der Waals surface area contributed by atoms with Crippen molar-refractivity contribution < 1.29 is 33.4 Å². The molecule has 3 amide bonds. The van der Waals surface area contributed by atoms with Gasteiger partial charge in [-0.2, -0.15) is 0 Å². The molecule has 2 aromatic rings. The van der Waals surface area contributed by atoms with Crippen molar-refractivity contribution in [1.29, 1.82) is 0 Å². The summed E-state index contributed by atoms with van der Waals surface area (Å²) in [5.74, 6) is -3.39. The van der Waals surface area contributed by atoms with Gasteiger partial charge < -0.3 is 14.8 Å². The summed E-state index contributed by atoms with van der Waals surface area (Å²) >= 11 is 0. The highest BCUT2D eigenvalue weighted by Crippen LogP contribution is 2.33. The van der Waals surface area contributed by atoms with Crippen molar-refractivity contribution in [2.45, 2.75) is 53.5 Å². The van der Waals surface area contributed by atoms with Crippen LogP contribution in [-0.2, 0) is 35.1 Å². The van der Waals surface area contributed by atoms with Crippen LogP contribution in [0.2, 0.25) is 0 Å². The van der Waals surface area contributed by atoms with E-state index in [-0.39, 0.29) is 30.1 Å². The molecular weight excluding hydrogens is 536 g/mol.